The van der Waals surface area contributed by atoms with Crippen molar-refractivity contribution in [2.24, 2.45) is 11.3 Å². The molecule has 1 saturated heterocycles. The minimum atomic E-state index is -0.787. The maximum Gasteiger partial charge on any atom is 0.274 e. The Balaban J connectivity index is 1.46. The first-order valence-electron chi connectivity index (χ1n) is 16.6. The van der Waals surface area contributed by atoms with Crippen LogP contribution < -0.4 is 10.1 Å². The van der Waals surface area contributed by atoms with Crippen molar-refractivity contribution in [1.82, 2.24) is 29.5 Å². The molecule has 0 spiro atoms. The fourth-order valence-electron chi connectivity index (χ4n) is 5.92. The standard InChI is InChI=1S/C37H45FN6O4/c1-6-25(2)33(45)41-32(37(3,4)5)35(47)44-23-30(48-29-11-8-7-9-12-29)21-28(44)22-42(20-17-26-13-15-27(38)16-14-26)34(46)31-24-43-19-10-18-39-36(43)40-31/h7-16,18-19,24-25,28,30,32H,6,17,20-23H2,1-5H3,(H,41,45)/t25-,28+,30+,32-/m1/s1. The van der Waals surface area contributed by atoms with Crippen LogP contribution in [0, 0.1) is 17.2 Å². The number of ether oxygens (including phenoxy) is 1. The van der Waals surface area contributed by atoms with E-state index >= 15 is 0 Å². The summed E-state index contributed by atoms with van der Waals surface area (Å²) in [6.45, 7) is 10.4. The molecule has 1 aliphatic rings. The first-order chi connectivity index (χ1) is 22.9. The predicted molar refractivity (Wildman–Crippen MR) is 181 cm³/mol. The average molecular weight is 657 g/mol. The quantitative estimate of drug-likeness (QED) is 0.225. The second-order valence-corrected chi connectivity index (χ2v) is 13.6. The first-order valence-corrected chi connectivity index (χ1v) is 16.6. The van der Waals surface area contributed by atoms with Gasteiger partial charge in [-0.1, -0.05) is 65.0 Å². The van der Waals surface area contributed by atoms with Gasteiger partial charge in [0.05, 0.1) is 12.6 Å². The van der Waals surface area contributed by atoms with Crippen LogP contribution in [0.15, 0.2) is 79.3 Å². The topological polar surface area (TPSA) is 109 Å². The van der Waals surface area contributed by atoms with Crippen LogP contribution in [0.2, 0.25) is 0 Å². The molecule has 0 unspecified atom stereocenters. The summed E-state index contributed by atoms with van der Waals surface area (Å²) in [5.41, 5.74) is 0.523. The van der Waals surface area contributed by atoms with E-state index in [0.717, 1.165) is 5.56 Å². The number of nitrogens with one attached hydrogen (secondary N) is 1. The number of fused-ring (bicyclic) bond motifs is 1. The summed E-state index contributed by atoms with van der Waals surface area (Å²) < 4.78 is 21.7. The van der Waals surface area contributed by atoms with Gasteiger partial charge in [-0.25, -0.2) is 14.4 Å². The summed E-state index contributed by atoms with van der Waals surface area (Å²) >= 11 is 0. The predicted octanol–water partition coefficient (Wildman–Crippen LogP) is 5.18. The Kier molecular flexibility index (Phi) is 10.8. The molecule has 3 amide bonds. The van der Waals surface area contributed by atoms with Crippen LogP contribution >= 0.6 is 0 Å². The number of hydrogen-bond acceptors (Lipinski definition) is 6. The fourth-order valence-corrected chi connectivity index (χ4v) is 5.92. The molecule has 5 rings (SSSR count). The second-order valence-electron chi connectivity index (χ2n) is 13.6. The molecular weight excluding hydrogens is 611 g/mol. The Morgan fingerprint density at radius 1 is 1.08 bits per heavy atom. The number of nitrogens with zero attached hydrogens (tertiary/aromatic N) is 5. The van der Waals surface area contributed by atoms with Crippen molar-refractivity contribution in [2.75, 3.05) is 19.6 Å². The number of halogens is 1. The smallest absolute Gasteiger partial charge is 0.274 e. The van der Waals surface area contributed by atoms with Crippen LogP contribution in [0.1, 0.15) is 63.5 Å². The largest absolute Gasteiger partial charge is 0.489 e. The van der Waals surface area contributed by atoms with E-state index in [4.69, 9.17) is 4.74 Å². The zero-order valence-electron chi connectivity index (χ0n) is 28.3. The summed E-state index contributed by atoms with van der Waals surface area (Å²) in [7, 11) is 0. The molecule has 0 saturated carbocycles. The molecular formula is C37H45FN6O4. The maximum absolute atomic E-state index is 14.5. The molecule has 4 aromatic rings. The van der Waals surface area contributed by atoms with Crippen LogP contribution in [0.4, 0.5) is 4.39 Å². The molecule has 2 aromatic carbocycles. The normalized spacial score (nSPS) is 17.6. The van der Waals surface area contributed by atoms with Gasteiger partial charge >= 0.3 is 0 Å². The molecule has 0 aliphatic carbocycles. The van der Waals surface area contributed by atoms with Crippen molar-refractivity contribution in [3.05, 3.63) is 96.3 Å². The van der Waals surface area contributed by atoms with E-state index in [1.165, 1.54) is 12.1 Å². The van der Waals surface area contributed by atoms with Crippen LogP contribution in [-0.4, -0.2) is 79.7 Å². The fraction of sp³-hybridized carbons (Fsp3) is 0.432. The summed E-state index contributed by atoms with van der Waals surface area (Å²) in [4.78, 5) is 53.9. The first kappa shape index (κ1) is 34.5. The highest BCUT2D eigenvalue weighted by Gasteiger charge is 2.44. The van der Waals surface area contributed by atoms with Gasteiger partial charge in [0, 0.05) is 44.0 Å². The summed E-state index contributed by atoms with van der Waals surface area (Å²) in [5, 5.41) is 3.04. The van der Waals surface area contributed by atoms with Crippen molar-refractivity contribution in [2.45, 2.75) is 72.1 Å². The number of amides is 3. The van der Waals surface area contributed by atoms with Gasteiger partial charge in [-0.3, -0.25) is 18.8 Å². The summed E-state index contributed by atoms with van der Waals surface area (Å²) in [5.74, 6) is -0.179. The lowest BCUT2D eigenvalue weighted by atomic mass is 9.85. The summed E-state index contributed by atoms with van der Waals surface area (Å²) in [6, 6.07) is 16.2. The Morgan fingerprint density at radius 3 is 2.48 bits per heavy atom. The molecule has 11 heteroatoms. The highest BCUT2D eigenvalue weighted by Crippen LogP contribution is 2.29. The number of likely N-dealkylation sites (tertiary alicyclic amines) is 1. The van der Waals surface area contributed by atoms with Crippen molar-refractivity contribution >= 4 is 23.5 Å². The third-order valence-electron chi connectivity index (χ3n) is 8.92. The lowest BCUT2D eigenvalue weighted by Gasteiger charge is -2.37. The number of para-hydroxylation sites is 1. The average Bonchev–Trinajstić information content (AvgIpc) is 3.69. The van der Waals surface area contributed by atoms with E-state index < -0.39 is 17.5 Å². The number of hydrogen-bond donors (Lipinski definition) is 1. The van der Waals surface area contributed by atoms with Crippen LogP contribution in [-0.2, 0) is 16.0 Å². The van der Waals surface area contributed by atoms with E-state index in [-0.39, 0.29) is 47.8 Å². The van der Waals surface area contributed by atoms with Gasteiger partial charge in [-0.15, -0.1) is 0 Å². The lowest BCUT2D eigenvalue weighted by Crippen LogP contribution is -2.58. The number of carbonyl (C=O) groups is 3. The molecule has 10 nitrogen and oxygen atoms in total. The number of carbonyl (C=O) groups excluding carboxylic acids is 3. The van der Waals surface area contributed by atoms with Crippen LogP contribution in [0.3, 0.4) is 0 Å². The zero-order chi connectivity index (χ0) is 34.4. The molecule has 2 aromatic heterocycles. The van der Waals surface area contributed by atoms with Gasteiger partial charge in [0.1, 0.15) is 29.4 Å². The van der Waals surface area contributed by atoms with Gasteiger partial charge in [-0.05, 0) is 54.2 Å². The number of rotatable bonds is 12. The third kappa shape index (κ3) is 8.37. The monoisotopic (exact) mass is 656 g/mol. The highest BCUT2D eigenvalue weighted by atomic mass is 19.1. The van der Waals surface area contributed by atoms with Gasteiger partial charge in [-0.2, -0.15) is 0 Å². The Hall–Kier alpha value is -4.80. The Bertz CT molecular complexity index is 1670. The van der Waals surface area contributed by atoms with Gasteiger partial charge < -0.3 is 19.9 Å². The van der Waals surface area contributed by atoms with Crippen molar-refractivity contribution in [3.63, 3.8) is 0 Å². The van der Waals surface area contributed by atoms with E-state index in [9.17, 15) is 18.8 Å². The van der Waals surface area contributed by atoms with E-state index in [1.807, 2.05) is 65.0 Å². The maximum atomic E-state index is 14.5. The van der Waals surface area contributed by atoms with Crippen LogP contribution in [0.5, 0.6) is 5.75 Å². The van der Waals surface area contributed by atoms with Gasteiger partial charge in [0.2, 0.25) is 17.6 Å². The van der Waals surface area contributed by atoms with Crippen LogP contribution in [0.25, 0.3) is 5.78 Å². The van der Waals surface area contributed by atoms with Crippen molar-refractivity contribution in [1.29, 1.82) is 0 Å². The molecule has 1 N–H and O–H groups in total. The van der Waals surface area contributed by atoms with E-state index in [1.54, 1.807) is 51.0 Å². The molecule has 3 heterocycles. The van der Waals surface area contributed by atoms with E-state index in [0.29, 0.717) is 43.9 Å². The summed E-state index contributed by atoms with van der Waals surface area (Å²) in [6.07, 6.45) is 6.30. The third-order valence-corrected chi connectivity index (χ3v) is 8.92. The molecule has 0 radical (unpaired) electrons. The van der Waals surface area contributed by atoms with Crippen molar-refractivity contribution in [3.8, 4) is 5.75 Å². The molecule has 254 valence electrons. The number of benzene rings is 2. The van der Waals surface area contributed by atoms with E-state index in [2.05, 4.69) is 15.3 Å². The molecule has 1 aliphatic heterocycles. The lowest BCUT2D eigenvalue weighted by molar-refractivity contribution is -0.141. The minimum Gasteiger partial charge on any atom is -0.489 e. The molecule has 4 atom stereocenters. The van der Waals surface area contributed by atoms with Gasteiger partial charge in [0.15, 0.2) is 0 Å². The highest BCUT2D eigenvalue weighted by molar-refractivity contribution is 5.93. The number of imidazole rings is 1. The van der Waals surface area contributed by atoms with Crippen molar-refractivity contribution < 1.29 is 23.5 Å². The molecule has 0 bridgehead atoms. The number of aromatic nitrogens is 3. The molecule has 1 fully saturated rings. The zero-order valence-corrected chi connectivity index (χ0v) is 28.3. The second kappa shape index (κ2) is 15.0. The molecule has 48 heavy (non-hydrogen) atoms. The SMILES string of the molecule is CC[C@@H](C)C(=O)N[C@H](C(=O)N1C[C@@H](Oc2ccccc2)C[C@H]1CN(CCc1ccc(F)cc1)C(=O)c1cn2cccnc2n1)C(C)(C)C. The van der Waals surface area contributed by atoms with Gasteiger partial charge in [0.25, 0.3) is 5.91 Å². The Labute approximate surface area is 281 Å². The minimum absolute atomic E-state index is 0.171. The Morgan fingerprint density at radius 2 is 1.81 bits per heavy atom.